The number of benzene rings is 3. The number of hydrogen-bond acceptors (Lipinski definition) is 1. The summed E-state index contributed by atoms with van der Waals surface area (Å²) in [5.74, 6) is -3.41. The van der Waals surface area contributed by atoms with Gasteiger partial charge in [-0.25, -0.2) is 17.6 Å². The van der Waals surface area contributed by atoms with Gasteiger partial charge in [0.2, 0.25) is 0 Å². The van der Waals surface area contributed by atoms with Gasteiger partial charge in [0.25, 0.3) is 0 Å². The Labute approximate surface area is 191 Å². The molecule has 5 heteroatoms. The summed E-state index contributed by atoms with van der Waals surface area (Å²) in [4.78, 5) is 0. The van der Waals surface area contributed by atoms with Crippen LogP contribution < -0.4 is 0 Å². The van der Waals surface area contributed by atoms with Crippen LogP contribution in [0.1, 0.15) is 43.4 Å². The molecule has 3 aromatic carbocycles. The Morgan fingerprint density at radius 3 is 2.03 bits per heavy atom. The predicted molar refractivity (Wildman–Crippen MR) is 123 cm³/mol. The van der Waals surface area contributed by atoms with Crippen molar-refractivity contribution in [2.45, 2.75) is 38.7 Å². The van der Waals surface area contributed by atoms with Crippen molar-refractivity contribution >= 4 is 0 Å². The quantitative estimate of drug-likeness (QED) is 0.279. The molecule has 0 aliphatic carbocycles. The van der Waals surface area contributed by atoms with Crippen LogP contribution in [-0.2, 0) is 11.2 Å². The number of aryl methyl sites for hydroxylation is 1. The van der Waals surface area contributed by atoms with Gasteiger partial charge in [0, 0.05) is 16.7 Å². The smallest absolute Gasteiger partial charge is 0.167 e. The van der Waals surface area contributed by atoms with Crippen molar-refractivity contribution in [3.63, 3.8) is 0 Å². The Bertz CT molecular complexity index is 1150. The normalized spacial score (nSPS) is 18.7. The van der Waals surface area contributed by atoms with Crippen molar-refractivity contribution < 1.29 is 22.3 Å². The minimum Gasteiger partial charge on any atom is -0.373 e. The van der Waals surface area contributed by atoms with E-state index in [-0.39, 0.29) is 22.6 Å². The molecule has 4 rings (SSSR count). The van der Waals surface area contributed by atoms with E-state index in [2.05, 4.69) is 6.58 Å². The minimum absolute atomic E-state index is 0.105. The van der Waals surface area contributed by atoms with Crippen LogP contribution in [0, 0.1) is 29.2 Å². The van der Waals surface area contributed by atoms with Crippen molar-refractivity contribution in [1.29, 1.82) is 0 Å². The average Bonchev–Trinajstić information content (AvgIpc) is 3.08. The molecule has 33 heavy (non-hydrogen) atoms. The third kappa shape index (κ3) is 4.60. The van der Waals surface area contributed by atoms with Crippen LogP contribution in [0.3, 0.4) is 0 Å². The van der Waals surface area contributed by atoms with Crippen LogP contribution in [0.4, 0.5) is 17.6 Å². The van der Waals surface area contributed by atoms with Gasteiger partial charge in [0.1, 0.15) is 0 Å². The van der Waals surface area contributed by atoms with Crippen LogP contribution in [0.25, 0.3) is 22.3 Å². The van der Waals surface area contributed by atoms with Crippen LogP contribution in [0.15, 0.2) is 61.2 Å². The molecule has 1 fully saturated rings. The minimum atomic E-state index is -0.946. The van der Waals surface area contributed by atoms with E-state index in [1.807, 2.05) is 6.08 Å². The molecule has 1 heterocycles. The van der Waals surface area contributed by atoms with Crippen molar-refractivity contribution in [3.8, 4) is 22.3 Å². The monoisotopic (exact) mass is 454 g/mol. The number of ether oxygens (including phenoxy) is 1. The zero-order valence-electron chi connectivity index (χ0n) is 18.5. The summed E-state index contributed by atoms with van der Waals surface area (Å²) in [5, 5.41) is 0. The first kappa shape index (κ1) is 23.2. The lowest BCUT2D eigenvalue weighted by Gasteiger charge is -2.18. The number of hydrogen-bond donors (Lipinski definition) is 0. The molecule has 1 aliphatic rings. The van der Waals surface area contributed by atoms with Gasteiger partial charge in [-0.2, -0.15) is 0 Å². The summed E-state index contributed by atoms with van der Waals surface area (Å²) >= 11 is 0. The molecule has 1 saturated heterocycles. The molecule has 0 spiro atoms. The molecule has 2 atom stereocenters. The first-order valence-electron chi connectivity index (χ1n) is 11.2. The third-order valence-corrected chi connectivity index (χ3v) is 6.40. The van der Waals surface area contributed by atoms with Crippen molar-refractivity contribution in [1.82, 2.24) is 0 Å². The molecular formula is C28H26F4O. The first-order valence-corrected chi connectivity index (χ1v) is 11.2. The fraction of sp³-hybridized carbons (Fsp3) is 0.286. The molecule has 3 aromatic rings. The van der Waals surface area contributed by atoms with Gasteiger partial charge in [-0.15, -0.1) is 6.58 Å². The fourth-order valence-corrected chi connectivity index (χ4v) is 4.35. The highest BCUT2D eigenvalue weighted by molar-refractivity contribution is 5.71. The lowest BCUT2D eigenvalue weighted by molar-refractivity contribution is 0.0445. The predicted octanol–water partition coefficient (Wildman–Crippen LogP) is 8.18. The topological polar surface area (TPSA) is 9.23 Å². The molecule has 0 aromatic heterocycles. The first-order chi connectivity index (χ1) is 15.9. The average molecular weight is 455 g/mol. The molecule has 1 aliphatic heterocycles. The van der Waals surface area contributed by atoms with E-state index in [1.165, 1.54) is 12.1 Å². The molecule has 0 saturated carbocycles. The summed E-state index contributed by atoms with van der Waals surface area (Å²) < 4.78 is 64.5. The van der Waals surface area contributed by atoms with E-state index in [4.69, 9.17) is 4.74 Å². The second kappa shape index (κ2) is 9.92. The Morgan fingerprint density at radius 1 is 0.818 bits per heavy atom. The summed E-state index contributed by atoms with van der Waals surface area (Å²) in [7, 11) is 0. The molecule has 0 bridgehead atoms. The maximum Gasteiger partial charge on any atom is 0.167 e. The largest absolute Gasteiger partial charge is 0.373 e. The van der Waals surface area contributed by atoms with Crippen LogP contribution in [0.2, 0.25) is 0 Å². The molecule has 1 nitrogen and oxygen atoms in total. The van der Waals surface area contributed by atoms with Gasteiger partial charge >= 0.3 is 0 Å². The van der Waals surface area contributed by atoms with Crippen LogP contribution in [-0.4, -0.2) is 6.61 Å². The van der Waals surface area contributed by atoms with Gasteiger partial charge in [-0.3, -0.25) is 0 Å². The molecular weight excluding hydrogens is 428 g/mol. The van der Waals surface area contributed by atoms with Gasteiger partial charge in [-0.1, -0.05) is 61.5 Å². The van der Waals surface area contributed by atoms with E-state index in [9.17, 15) is 13.2 Å². The Hall–Kier alpha value is -2.92. The van der Waals surface area contributed by atoms with Crippen LogP contribution in [0.5, 0.6) is 0 Å². The van der Waals surface area contributed by atoms with E-state index in [0.717, 1.165) is 12.8 Å². The van der Waals surface area contributed by atoms with Gasteiger partial charge in [0.15, 0.2) is 23.3 Å². The maximum absolute atomic E-state index is 15.0. The molecule has 2 unspecified atom stereocenters. The number of rotatable bonds is 5. The molecule has 172 valence electrons. The van der Waals surface area contributed by atoms with E-state index < -0.39 is 29.4 Å². The van der Waals surface area contributed by atoms with Crippen molar-refractivity contribution in [2.75, 3.05) is 6.61 Å². The zero-order chi connectivity index (χ0) is 23.5. The highest BCUT2D eigenvalue weighted by Crippen LogP contribution is 2.36. The SMILES string of the molecule is C=CC1CCCC(c2ccc(-c3ccc(-c4ccc(CC)c(F)c4F)cc3)c(F)c2F)OC1. The summed E-state index contributed by atoms with van der Waals surface area (Å²) in [5.41, 5.74) is 1.66. The van der Waals surface area contributed by atoms with Gasteiger partial charge < -0.3 is 4.74 Å². The number of halogens is 4. The second-order valence-electron chi connectivity index (χ2n) is 8.41. The second-order valence-corrected chi connectivity index (χ2v) is 8.41. The maximum atomic E-state index is 15.0. The zero-order valence-corrected chi connectivity index (χ0v) is 18.5. The standard InChI is InChI=1S/C28H26F4O/c1-3-17-6-5-7-24(33-16-17)23-15-14-22(27(31)28(23)32)20-10-8-19(9-11-20)21-13-12-18(4-2)25(29)26(21)30/h3,8-15,17,24H,1,4-7,16H2,2H3. The lowest BCUT2D eigenvalue weighted by atomic mass is 9.95. The van der Waals surface area contributed by atoms with Gasteiger partial charge in [-0.05, 0) is 48.3 Å². The van der Waals surface area contributed by atoms with Crippen molar-refractivity contribution in [2.24, 2.45) is 5.92 Å². The Morgan fingerprint density at radius 2 is 1.42 bits per heavy atom. The lowest BCUT2D eigenvalue weighted by Crippen LogP contribution is -2.09. The van der Waals surface area contributed by atoms with Gasteiger partial charge in [0.05, 0.1) is 12.7 Å². The summed E-state index contributed by atoms with van der Waals surface area (Å²) in [6.45, 7) is 5.98. The molecule has 0 amide bonds. The van der Waals surface area contributed by atoms with E-state index in [0.29, 0.717) is 36.1 Å². The van der Waals surface area contributed by atoms with E-state index >= 15 is 4.39 Å². The molecule has 0 radical (unpaired) electrons. The van der Waals surface area contributed by atoms with E-state index in [1.54, 1.807) is 43.3 Å². The van der Waals surface area contributed by atoms with Crippen LogP contribution >= 0.6 is 0 Å². The molecule has 0 N–H and O–H groups in total. The highest BCUT2D eigenvalue weighted by atomic mass is 19.2. The highest BCUT2D eigenvalue weighted by Gasteiger charge is 2.25. The Kier molecular flexibility index (Phi) is 6.99. The third-order valence-electron chi connectivity index (χ3n) is 6.40. The Balaban J connectivity index is 1.61. The van der Waals surface area contributed by atoms with Crippen molar-refractivity contribution in [3.05, 3.63) is 95.6 Å². The summed E-state index contributed by atoms with van der Waals surface area (Å²) in [6, 6.07) is 12.5. The fourth-order valence-electron chi connectivity index (χ4n) is 4.35. The summed E-state index contributed by atoms with van der Waals surface area (Å²) in [6.07, 6.45) is 4.12.